The van der Waals surface area contributed by atoms with Gasteiger partial charge in [-0.1, -0.05) is 152 Å². The molecule has 1 heteroatoms. The van der Waals surface area contributed by atoms with Crippen molar-refractivity contribution in [3.63, 3.8) is 0 Å². The van der Waals surface area contributed by atoms with Gasteiger partial charge in [-0.25, -0.2) is 0 Å². The standard InChI is InChI=1S/C48H30O/c1-2-13-31(14-3-1)32-17-10-19-36(27-32)46-39-21-6-8-23-41(39)47(42-24-9-7-22-40(42)46)37-20-11-18-35(28-37)38-25-12-26-44-48(38)43-29-33-15-4-5-16-34(33)30-45(43)49-44/h1-30H. The molecule has 9 aromatic carbocycles. The van der Waals surface area contributed by atoms with E-state index >= 15 is 0 Å². The number of benzene rings is 9. The lowest BCUT2D eigenvalue weighted by Crippen LogP contribution is -1.91. The second-order valence-corrected chi connectivity index (χ2v) is 12.8. The molecule has 0 aliphatic rings. The number of hydrogen-bond donors (Lipinski definition) is 0. The van der Waals surface area contributed by atoms with Crippen LogP contribution in [-0.2, 0) is 0 Å². The number of fused-ring (bicyclic) bond motifs is 6. The summed E-state index contributed by atoms with van der Waals surface area (Å²) in [6.45, 7) is 0. The van der Waals surface area contributed by atoms with E-state index in [1.54, 1.807) is 0 Å². The maximum Gasteiger partial charge on any atom is 0.136 e. The third-order valence-corrected chi connectivity index (χ3v) is 10.0. The van der Waals surface area contributed by atoms with Crippen LogP contribution in [0.25, 0.3) is 98.8 Å². The quantitative estimate of drug-likeness (QED) is 0.178. The van der Waals surface area contributed by atoms with Gasteiger partial charge in [0.1, 0.15) is 11.2 Å². The fourth-order valence-electron chi connectivity index (χ4n) is 7.83. The predicted molar refractivity (Wildman–Crippen MR) is 208 cm³/mol. The van der Waals surface area contributed by atoms with Crippen molar-refractivity contribution in [2.24, 2.45) is 0 Å². The van der Waals surface area contributed by atoms with E-state index in [1.165, 1.54) is 76.8 Å². The molecule has 0 fully saturated rings. The van der Waals surface area contributed by atoms with Crippen molar-refractivity contribution in [2.75, 3.05) is 0 Å². The molecule has 0 spiro atoms. The SMILES string of the molecule is c1ccc(-c2cccc(-c3c4ccccc4c(-c4cccc(-c5cccc6oc7cc8ccccc8cc7c56)c4)c4ccccc34)c2)cc1. The zero-order valence-electron chi connectivity index (χ0n) is 26.7. The van der Waals surface area contributed by atoms with Gasteiger partial charge >= 0.3 is 0 Å². The van der Waals surface area contributed by atoms with Crippen molar-refractivity contribution in [3.8, 4) is 44.5 Å². The molecule has 0 saturated carbocycles. The Balaban J connectivity index is 1.20. The van der Waals surface area contributed by atoms with Crippen LogP contribution in [0.4, 0.5) is 0 Å². The van der Waals surface area contributed by atoms with Crippen LogP contribution < -0.4 is 0 Å². The smallest absolute Gasteiger partial charge is 0.136 e. The first kappa shape index (κ1) is 27.7. The minimum absolute atomic E-state index is 0.909. The number of hydrogen-bond acceptors (Lipinski definition) is 1. The topological polar surface area (TPSA) is 13.1 Å². The van der Waals surface area contributed by atoms with Gasteiger partial charge in [-0.05, 0) is 107 Å². The zero-order chi connectivity index (χ0) is 32.3. The minimum Gasteiger partial charge on any atom is -0.456 e. The van der Waals surface area contributed by atoms with Gasteiger partial charge in [0, 0.05) is 10.8 Å². The third kappa shape index (κ3) is 4.47. The normalized spacial score (nSPS) is 11.7. The van der Waals surface area contributed by atoms with E-state index in [-0.39, 0.29) is 0 Å². The first-order valence-electron chi connectivity index (χ1n) is 16.8. The second-order valence-electron chi connectivity index (χ2n) is 12.8. The summed E-state index contributed by atoms with van der Waals surface area (Å²) in [5, 5.41) is 9.70. The molecule has 0 atom stereocenters. The highest BCUT2D eigenvalue weighted by molar-refractivity contribution is 6.22. The zero-order valence-corrected chi connectivity index (χ0v) is 26.7. The first-order chi connectivity index (χ1) is 24.3. The molecule has 1 aromatic heterocycles. The Morgan fingerprint density at radius 3 is 1.43 bits per heavy atom. The molecule has 10 rings (SSSR count). The van der Waals surface area contributed by atoms with E-state index in [0.717, 1.165) is 21.9 Å². The van der Waals surface area contributed by atoms with E-state index in [4.69, 9.17) is 4.42 Å². The molecule has 49 heavy (non-hydrogen) atoms. The van der Waals surface area contributed by atoms with E-state index < -0.39 is 0 Å². The average molecular weight is 623 g/mol. The van der Waals surface area contributed by atoms with Crippen LogP contribution in [0.2, 0.25) is 0 Å². The fraction of sp³-hybridized carbons (Fsp3) is 0. The summed E-state index contributed by atoms with van der Waals surface area (Å²) >= 11 is 0. The summed E-state index contributed by atoms with van der Waals surface area (Å²) in [7, 11) is 0. The second kappa shape index (κ2) is 11.1. The van der Waals surface area contributed by atoms with Gasteiger partial charge in [0.15, 0.2) is 0 Å². The molecule has 10 aromatic rings. The van der Waals surface area contributed by atoms with Gasteiger partial charge in [-0.2, -0.15) is 0 Å². The molecule has 1 nitrogen and oxygen atoms in total. The summed E-state index contributed by atoms with van der Waals surface area (Å²) in [4.78, 5) is 0. The van der Waals surface area contributed by atoms with Crippen LogP contribution in [-0.4, -0.2) is 0 Å². The highest BCUT2D eigenvalue weighted by Gasteiger charge is 2.18. The monoisotopic (exact) mass is 622 g/mol. The van der Waals surface area contributed by atoms with Crippen molar-refractivity contribution >= 4 is 54.3 Å². The molecule has 0 aliphatic carbocycles. The van der Waals surface area contributed by atoms with Crippen LogP contribution in [0.3, 0.4) is 0 Å². The highest BCUT2D eigenvalue weighted by Crippen LogP contribution is 2.45. The molecular weight excluding hydrogens is 593 g/mol. The minimum atomic E-state index is 0.909. The maximum absolute atomic E-state index is 6.44. The Labute approximate surface area is 284 Å². The Kier molecular flexibility index (Phi) is 6.25. The summed E-state index contributed by atoms with van der Waals surface area (Å²) in [6.07, 6.45) is 0. The summed E-state index contributed by atoms with van der Waals surface area (Å²) in [5.41, 5.74) is 11.6. The first-order valence-corrected chi connectivity index (χ1v) is 16.8. The Bertz CT molecular complexity index is 2820. The summed E-state index contributed by atoms with van der Waals surface area (Å²) < 4.78 is 6.44. The van der Waals surface area contributed by atoms with Crippen LogP contribution in [0.1, 0.15) is 0 Å². The molecule has 0 aliphatic heterocycles. The molecule has 0 amide bonds. The molecule has 0 N–H and O–H groups in total. The van der Waals surface area contributed by atoms with Gasteiger partial charge < -0.3 is 4.42 Å². The molecule has 1 heterocycles. The number of rotatable bonds is 4. The highest BCUT2D eigenvalue weighted by atomic mass is 16.3. The van der Waals surface area contributed by atoms with E-state index in [2.05, 4.69) is 182 Å². The molecule has 0 saturated heterocycles. The lowest BCUT2D eigenvalue weighted by molar-refractivity contribution is 0.669. The van der Waals surface area contributed by atoms with E-state index in [9.17, 15) is 0 Å². The molecule has 0 unspecified atom stereocenters. The van der Waals surface area contributed by atoms with Crippen LogP contribution in [0, 0.1) is 0 Å². The van der Waals surface area contributed by atoms with E-state index in [0.29, 0.717) is 0 Å². The molecule has 0 bridgehead atoms. The summed E-state index contributed by atoms with van der Waals surface area (Å²) in [5.74, 6) is 0. The van der Waals surface area contributed by atoms with Gasteiger partial charge in [-0.3, -0.25) is 0 Å². The van der Waals surface area contributed by atoms with Crippen molar-refractivity contribution in [2.45, 2.75) is 0 Å². The van der Waals surface area contributed by atoms with Crippen molar-refractivity contribution in [1.29, 1.82) is 0 Å². The maximum atomic E-state index is 6.44. The van der Waals surface area contributed by atoms with Crippen molar-refractivity contribution in [1.82, 2.24) is 0 Å². The molecule has 0 radical (unpaired) electrons. The lowest BCUT2D eigenvalue weighted by atomic mass is 9.85. The van der Waals surface area contributed by atoms with Gasteiger partial charge in [0.25, 0.3) is 0 Å². The Morgan fingerprint density at radius 2 is 0.776 bits per heavy atom. The van der Waals surface area contributed by atoms with Crippen LogP contribution >= 0.6 is 0 Å². The summed E-state index contributed by atoms with van der Waals surface area (Å²) in [6, 6.07) is 65.8. The van der Waals surface area contributed by atoms with E-state index in [1.807, 2.05) is 0 Å². The van der Waals surface area contributed by atoms with Gasteiger partial charge in [-0.15, -0.1) is 0 Å². The predicted octanol–water partition coefficient (Wildman–Crippen LogP) is 13.7. The Hall–Kier alpha value is -6.44. The van der Waals surface area contributed by atoms with Crippen LogP contribution in [0.15, 0.2) is 186 Å². The van der Waals surface area contributed by atoms with Crippen molar-refractivity contribution < 1.29 is 4.42 Å². The number of furan rings is 1. The van der Waals surface area contributed by atoms with Gasteiger partial charge in [0.2, 0.25) is 0 Å². The largest absolute Gasteiger partial charge is 0.456 e. The fourth-order valence-corrected chi connectivity index (χ4v) is 7.83. The van der Waals surface area contributed by atoms with Gasteiger partial charge in [0.05, 0.1) is 0 Å². The van der Waals surface area contributed by atoms with Crippen LogP contribution in [0.5, 0.6) is 0 Å². The average Bonchev–Trinajstić information content (AvgIpc) is 3.54. The molecular formula is C48H30O. The molecule has 228 valence electrons. The van der Waals surface area contributed by atoms with Crippen molar-refractivity contribution in [3.05, 3.63) is 182 Å². The third-order valence-electron chi connectivity index (χ3n) is 10.0. The Morgan fingerprint density at radius 1 is 0.286 bits per heavy atom. The lowest BCUT2D eigenvalue weighted by Gasteiger charge is -2.18.